The standard InChI is InChI=1S/C13H12BrN3O3S/c1-2-8(14)11(18)15-13-17-16-12(21-13)7-3-4-9-10(5-7)20-6-19-9/h3-5,8H,2,6H2,1H3,(H,15,17,18). The first-order valence-corrected chi connectivity index (χ1v) is 8.09. The Morgan fingerprint density at radius 2 is 2.24 bits per heavy atom. The smallest absolute Gasteiger partial charge is 0.239 e. The molecule has 1 unspecified atom stereocenters. The van der Waals surface area contributed by atoms with E-state index >= 15 is 0 Å². The van der Waals surface area contributed by atoms with Crippen LogP contribution in [0.2, 0.25) is 0 Å². The van der Waals surface area contributed by atoms with Gasteiger partial charge in [0.15, 0.2) is 11.5 Å². The second-order valence-electron chi connectivity index (χ2n) is 4.35. The summed E-state index contributed by atoms with van der Waals surface area (Å²) in [6, 6.07) is 5.58. The Labute approximate surface area is 133 Å². The van der Waals surface area contributed by atoms with E-state index in [0.29, 0.717) is 22.3 Å². The predicted molar refractivity (Wildman–Crippen MR) is 83.1 cm³/mol. The number of carbonyl (C=O) groups excluding carboxylic acids is 1. The van der Waals surface area contributed by atoms with Gasteiger partial charge in [0.1, 0.15) is 5.01 Å². The lowest BCUT2D eigenvalue weighted by atomic mass is 10.2. The molecular formula is C13H12BrN3O3S. The molecule has 1 aliphatic heterocycles. The summed E-state index contributed by atoms with van der Waals surface area (Å²) >= 11 is 4.62. The molecule has 8 heteroatoms. The van der Waals surface area contributed by atoms with Crippen LogP contribution in [-0.4, -0.2) is 27.7 Å². The number of benzene rings is 1. The molecule has 0 saturated heterocycles. The zero-order valence-corrected chi connectivity index (χ0v) is 13.5. The lowest BCUT2D eigenvalue weighted by Gasteiger charge is -2.04. The van der Waals surface area contributed by atoms with Crippen molar-refractivity contribution in [2.75, 3.05) is 12.1 Å². The summed E-state index contributed by atoms with van der Waals surface area (Å²) in [4.78, 5) is 11.6. The number of alkyl halides is 1. The molecule has 0 saturated carbocycles. The van der Waals surface area contributed by atoms with Crippen molar-refractivity contribution in [1.82, 2.24) is 10.2 Å². The minimum Gasteiger partial charge on any atom is -0.454 e. The van der Waals surface area contributed by atoms with Crippen molar-refractivity contribution in [1.29, 1.82) is 0 Å². The Bertz CT molecular complexity index is 676. The molecule has 1 amide bonds. The van der Waals surface area contributed by atoms with Crippen LogP contribution in [0.3, 0.4) is 0 Å². The Kier molecular flexibility index (Phi) is 4.07. The van der Waals surface area contributed by atoms with Crippen LogP contribution in [0.1, 0.15) is 13.3 Å². The van der Waals surface area contributed by atoms with Gasteiger partial charge < -0.3 is 9.47 Å². The molecule has 0 spiro atoms. The summed E-state index contributed by atoms with van der Waals surface area (Å²) < 4.78 is 10.6. The average molecular weight is 370 g/mol. The minimum absolute atomic E-state index is 0.120. The van der Waals surface area contributed by atoms with Gasteiger partial charge in [-0.2, -0.15) is 0 Å². The Balaban J connectivity index is 1.77. The second kappa shape index (κ2) is 5.98. The van der Waals surface area contributed by atoms with Crippen LogP contribution >= 0.6 is 27.3 Å². The summed E-state index contributed by atoms with van der Waals surface area (Å²) in [6.45, 7) is 2.16. The number of ether oxygens (including phenoxy) is 2. The summed E-state index contributed by atoms with van der Waals surface area (Å²) in [5.41, 5.74) is 0.878. The fourth-order valence-corrected chi connectivity index (χ4v) is 2.65. The van der Waals surface area contributed by atoms with Gasteiger partial charge in [-0.05, 0) is 24.6 Å². The molecule has 1 N–H and O–H groups in total. The number of amides is 1. The number of halogens is 1. The van der Waals surface area contributed by atoms with E-state index in [9.17, 15) is 4.79 Å². The molecule has 21 heavy (non-hydrogen) atoms. The molecule has 3 rings (SSSR count). The summed E-state index contributed by atoms with van der Waals surface area (Å²) in [7, 11) is 0. The monoisotopic (exact) mass is 369 g/mol. The molecule has 110 valence electrons. The van der Waals surface area contributed by atoms with Crippen LogP contribution < -0.4 is 14.8 Å². The average Bonchev–Trinajstić information content (AvgIpc) is 3.14. The topological polar surface area (TPSA) is 73.3 Å². The maximum atomic E-state index is 11.8. The van der Waals surface area contributed by atoms with E-state index in [2.05, 4.69) is 31.4 Å². The number of fused-ring (bicyclic) bond motifs is 1. The fraction of sp³-hybridized carbons (Fsp3) is 0.308. The number of nitrogens with one attached hydrogen (secondary N) is 1. The van der Waals surface area contributed by atoms with Gasteiger partial charge in [-0.1, -0.05) is 34.2 Å². The van der Waals surface area contributed by atoms with Crippen molar-refractivity contribution in [3.05, 3.63) is 18.2 Å². The minimum atomic E-state index is -0.226. The first-order valence-electron chi connectivity index (χ1n) is 6.36. The van der Waals surface area contributed by atoms with Crippen molar-refractivity contribution in [2.45, 2.75) is 18.2 Å². The lowest BCUT2D eigenvalue weighted by Crippen LogP contribution is -2.21. The van der Waals surface area contributed by atoms with Gasteiger partial charge in [-0.25, -0.2) is 0 Å². The van der Waals surface area contributed by atoms with Crippen molar-refractivity contribution >= 4 is 38.3 Å². The largest absolute Gasteiger partial charge is 0.454 e. The van der Waals surface area contributed by atoms with E-state index in [1.807, 2.05) is 25.1 Å². The van der Waals surface area contributed by atoms with E-state index in [0.717, 1.165) is 11.3 Å². The molecular weight excluding hydrogens is 358 g/mol. The maximum Gasteiger partial charge on any atom is 0.239 e. The molecule has 0 fully saturated rings. The first-order chi connectivity index (χ1) is 10.2. The number of anilines is 1. The van der Waals surface area contributed by atoms with Crippen LogP contribution in [0.15, 0.2) is 18.2 Å². The van der Waals surface area contributed by atoms with Crippen LogP contribution in [0.4, 0.5) is 5.13 Å². The Morgan fingerprint density at radius 1 is 1.43 bits per heavy atom. The third-order valence-corrected chi connectivity index (χ3v) is 4.87. The summed E-state index contributed by atoms with van der Waals surface area (Å²) in [5.74, 6) is 1.30. The molecule has 2 heterocycles. The third-order valence-electron chi connectivity index (χ3n) is 2.92. The van der Waals surface area contributed by atoms with E-state index in [-0.39, 0.29) is 17.5 Å². The van der Waals surface area contributed by atoms with Crippen molar-refractivity contribution in [2.24, 2.45) is 0 Å². The van der Waals surface area contributed by atoms with Crippen LogP contribution in [0.25, 0.3) is 10.6 Å². The fourth-order valence-electron chi connectivity index (χ4n) is 1.79. The third kappa shape index (κ3) is 3.01. The van der Waals surface area contributed by atoms with Crippen molar-refractivity contribution in [3.63, 3.8) is 0 Å². The number of hydrogen-bond donors (Lipinski definition) is 1. The highest BCUT2D eigenvalue weighted by atomic mass is 79.9. The van der Waals surface area contributed by atoms with Gasteiger partial charge in [0, 0.05) is 5.56 Å². The highest BCUT2D eigenvalue weighted by molar-refractivity contribution is 9.10. The van der Waals surface area contributed by atoms with E-state index in [4.69, 9.17) is 9.47 Å². The number of hydrogen-bond acceptors (Lipinski definition) is 6. The van der Waals surface area contributed by atoms with E-state index < -0.39 is 0 Å². The number of nitrogens with zero attached hydrogens (tertiary/aromatic N) is 2. The molecule has 0 radical (unpaired) electrons. The maximum absolute atomic E-state index is 11.8. The van der Waals surface area contributed by atoms with Crippen LogP contribution in [0.5, 0.6) is 11.5 Å². The van der Waals surface area contributed by atoms with Crippen molar-refractivity contribution < 1.29 is 14.3 Å². The Hall–Kier alpha value is -1.67. The SMILES string of the molecule is CCC(Br)C(=O)Nc1nnc(-c2ccc3c(c2)OCO3)s1. The number of carbonyl (C=O) groups is 1. The van der Waals surface area contributed by atoms with Crippen LogP contribution in [-0.2, 0) is 4.79 Å². The molecule has 1 aromatic carbocycles. The molecule has 1 atom stereocenters. The number of aromatic nitrogens is 2. The summed E-state index contributed by atoms with van der Waals surface area (Å²) in [6.07, 6.45) is 0.708. The zero-order chi connectivity index (χ0) is 14.8. The predicted octanol–water partition coefficient (Wildman–Crippen LogP) is 3.05. The highest BCUT2D eigenvalue weighted by Crippen LogP contribution is 2.37. The molecule has 1 aromatic heterocycles. The number of rotatable bonds is 4. The zero-order valence-electron chi connectivity index (χ0n) is 11.1. The van der Waals surface area contributed by atoms with Crippen LogP contribution in [0, 0.1) is 0 Å². The summed E-state index contributed by atoms with van der Waals surface area (Å²) in [5, 5.41) is 12.0. The van der Waals surface area contributed by atoms with Gasteiger partial charge in [-0.3, -0.25) is 10.1 Å². The lowest BCUT2D eigenvalue weighted by molar-refractivity contribution is -0.115. The normalized spacial score (nSPS) is 14.0. The van der Waals surface area contributed by atoms with E-state index in [1.54, 1.807) is 0 Å². The van der Waals surface area contributed by atoms with Gasteiger partial charge in [0.2, 0.25) is 17.8 Å². The van der Waals surface area contributed by atoms with Gasteiger partial charge in [0.25, 0.3) is 0 Å². The van der Waals surface area contributed by atoms with Gasteiger partial charge >= 0.3 is 0 Å². The molecule has 0 bridgehead atoms. The van der Waals surface area contributed by atoms with Gasteiger partial charge in [0.05, 0.1) is 4.83 Å². The highest BCUT2D eigenvalue weighted by Gasteiger charge is 2.17. The van der Waals surface area contributed by atoms with Gasteiger partial charge in [-0.15, -0.1) is 10.2 Å². The molecule has 1 aliphatic rings. The molecule has 6 nitrogen and oxygen atoms in total. The van der Waals surface area contributed by atoms with E-state index in [1.165, 1.54) is 11.3 Å². The van der Waals surface area contributed by atoms with Crippen molar-refractivity contribution in [3.8, 4) is 22.1 Å². The molecule has 2 aromatic rings. The first kappa shape index (κ1) is 14.3. The quantitative estimate of drug-likeness (QED) is 0.838. The second-order valence-corrected chi connectivity index (χ2v) is 6.43. The molecule has 0 aliphatic carbocycles. The Morgan fingerprint density at radius 3 is 3.05 bits per heavy atom.